The number of nitrogens with one attached hydrogen (secondary N) is 2. The predicted molar refractivity (Wildman–Crippen MR) is 142 cm³/mol. The lowest BCUT2D eigenvalue weighted by atomic mass is 10.1. The Kier molecular flexibility index (Phi) is 7.20. The molecule has 7 nitrogen and oxygen atoms in total. The molecule has 0 saturated carbocycles. The summed E-state index contributed by atoms with van der Waals surface area (Å²) in [5, 5.41) is 8.07. The first kappa shape index (κ1) is 23.3. The first-order chi connectivity index (χ1) is 17.1. The summed E-state index contributed by atoms with van der Waals surface area (Å²) in [5.41, 5.74) is 3.75. The molecule has 4 aromatic rings. The van der Waals surface area contributed by atoms with Gasteiger partial charge in [0.15, 0.2) is 0 Å². The Hall–Kier alpha value is -3.49. The third kappa shape index (κ3) is 6.15. The summed E-state index contributed by atoms with van der Waals surface area (Å²) in [4.78, 5) is 23.3. The number of fused-ring (bicyclic) bond motifs is 1. The van der Waals surface area contributed by atoms with E-state index in [-0.39, 0.29) is 5.91 Å². The first-order valence-corrected chi connectivity index (χ1v) is 12.9. The lowest BCUT2D eigenvalue weighted by Crippen LogP contribution is -2.31. The van der Waals surface area contributed by atoms with Gasteiger partial charge in [-0.3, -0.25) is 4.79 Å². The van der Waals surface area contributed by atoms with Crippen LogP contribution >= 0.6 is 11.3 Å². The molecular formula is C27H29N5O2S. The molecule has 1 fully saturated rings. The number of anilines is 3. The Bertz CT molecular complexity index is 1300. The fourth-order valence-electron chi connectivity index (χ4n) is 4.27. The summed E-state index contributed by atoms with van der Waals surface area (Å²) in [6.07, 6.45) is 5.08. The highest BCUT2D eigenvalue weighted by atomic mass is 32.1. The number of hydrogen-bond donors (Lipinski definition) is 2. The van der Waals surface area contributed by atoms with Crippen molar-refractivity contribution in [3.8, 4) is 11.6 Å². The molecule has 2 aromatic heterocycles. The van der Waals surface area contributed by atoms with Crippen molar-refractivity contribution in [2.45, 2.75) is 32.6 Å². The molecule has 8 heteroatoms. The smallest absolute Gasteiger partial charge is 0.242 e. The molecule has 0 spiro atoms. The van der Waals surface area contributed by atoms with Crippen molar-refractivity contribution in [2.24, 2.45) is 0 Å². The van der Waals surface area contributed by atoms with Crippen molar-refractivity contribution in [3.05, 3.63) is 65.5 Å². The standard InChI is InChI=1S/C27H29N5O2S/c1-19(33)28-22-6-5-7-23(18-22)34-26-25-24(13-17-35-25)30-27(31-26)29-21-10-8-20(9-11-21)12-16-32-14-3-2-4-15-32/h5-11,13,17-18H,2-4,12,14-16H2,1H3,(H,28,33)(H,29,30,31). The fourth-order valence-corrected chi connectivity index (χ4v) is 5.02. The molecule has 0 unspecified atom stereocenters. The van der Waals surface area contributed by atoms with Crippen LogP contribution in [0.3, 0.4) is 0 Å². The van der Waals surface area contributed by atoms with E-state index < -0.39 is 0 Å². The van der Waals surface area contributed by atoms with Gasteiger partial charge in [0.2, 0.25) is 17.7 Å². The molecule has 0 aliphatic carbocycles. The highest BCUT2D eigenvalue weighted by Crippen LogP contribution is 2.33. The summed E-state index contributed by atoms with van der Waals surface area (Å²) in [6, 6.07) is 17.7. The minimum atomic E-state index is -0.131. The minimum absolute atomic E-state index is 0.131. The van der Waals surface area contributed by atoms with Crippen molar-refractivity contribution in [2.75, 3.05) is 30.3 Å². The van der Waals surface area contributed by atoms with Crippen LogP contribution in [0.15, 0.2) is 60.0 Å². The Morgan fingerprint density at radius 1 is 1.03 bits per heavy atom. The van der Waals surface area contributed by atoms with Crippen LogP contribution in [0.1, 0.15) is 31.7 Å². The number of ether oxygens (including phenoxy) is 1. The summed E-state index contributed by atoms with van der Waals surface area (Å²) in [6.45, 7) is 5.05. The van der Waals surface area contributed by atoms with Crippen molar-refractivity contribution in [3.63, 3.8) is 0 Å². The molecule has 3 heterocycles. The molecule has 5 rings (SSSR count). The third-order valence-electron chi connectivity index (χ3n) is 6.02. The van der Waals surface area contributed by atoms with E-state index in [0.29, 0.717) is 23.3 Å². The number of thiophene rings is 1. The van der Waals surface area contributed by atoms with E-state index in [1.807, 2.05) is 29.6 Å². The lowest BCUT2D eigenvalue weighted by Gasteiger charge is -2.26. The van der Waals surface area contributed by atoms with Crippen molar-refractivity contribution >= 4 is 44.8 Å². The number of piperidine rings is 1. The summed E-state index contributed by atoms with van der Waals surface area (Å²) < 4.78 is 6.99. The van der Waals surface area contributed by atoms with Gasteiger partial charge in [0.05, 0.1) is 5.52 Å². The van der Waals surface area contributed by atoms with Gasteiger partial charge < -0.3 is 20.3 Å². The van der Waals surface area contributed by atoms with Gasteiger partial charge >= 0.3 is 0 Å². The number of carbonyl (C=O) groups is 1. The zero-order chi connectivity index (χ0) is 24.0. The van der Waals surface area contributed by atoms with Gasteiger partial charge in [-0.25, -0.2) is 4.98 Å². The number of rotatable bonds is 8. The number of carbonyl (C=O) groups excluding carboxylic acids is 1. The van der Waals surface area contributed by atoms with Crippen molar-refractivity contribution < 1.29 is 9.53 Å². The Morgan fingerprint density at radius 3 is 2.66 bits per heavy atom. The van der Waals surface area contributed by atoms with E-state index >= 15 is 0 Å². The van der Waals surface area contributed by atoms with Crippen LogP contribution in [0.5, 0.6) is 11.6 Å². The van der Waals surface area contributed by atoms with E-state index in [2.05, 4.69) is 49.8 Å². The van der Waals surface area contributed by atoms with Gasteiger partial charge in [-0.2, -0.15) is 4.98 Å². The number of hydrogen-bond acceptors (Lipinski definition) is 7. The van der Waals surface area contributed by atoms with Crippen molar-refractivity contribution in [1.82, 2.24) is 14.9 Å². The molecule has 1 saturated heterocycles. The number of aromatic nitrogens is 2. The first-order valence-electron chi connectivity index (χ1n) is 12.0. The minimum Gasteiger partial charge on any atom is -0.437 e. The number of nitrogens with zero attached hydrogens (tertiary/aromatic N) is 3. The zero-order valence-electron chi connectivity index (χ0n) is 19.8. The monoisotopic (exact) mass is 487 g/mol. The third-order valence-corrected chi connectivity index (χ3v) is 6.91. The highest BCUT2D eigenvalue weighted by Gasteiger charge is 2.13. The molecule has 1 aliphatic rings. The second kappa shape index (κ2) is 10.8. The Balaban J connectivity index is 1.29. The van der Waals surface area contributed by atoms with Gasteiger partial charge in [0, 0.05) is 30.9 Å². The van der Waals surface area contributed by atoms with Gasteiger partial charge in [-0.1, -0.05) is 24.6 Å². The average Bonchev–Trinajstić information content (AvgIpc) is 3.33. The highest BCUT2D eigenvalue weighted by molar-refractivity contribution is 7.17. The SMILES string of the molecule is CC(=O)Nc1cccc(Oc2nc(Nc3ccc(CCN4CCCCC4)cc3)nc3ccsc23)c1. The Morgan fingerprint density at radius 2 is 1.86 bits per heavy atom. The fraction of sp³-hybridized carbons (Fsp3) is 0.296. The maximum atomic E-state index is 11.4. The maximum Gasteiger partial charge on any atom is 0.242 e. The molecule has 35 heavy (non-hydrogen) atoms. The van der Waals surface area contributed by atoms with Crippen LogP contribution in [-0.2, 0) is 11.2 Å². The normalized spacial score (nSPS) is 14.1. The summed E-state index contributed by atoms with van der Waals surface area (Å²) >= 11 is 1.53. The van der Waals surface area contributed by atoms with Gasteiger partial charge in [-0.05, 0) is 73.6 Å². The molecule has 0 atom stereocenters. The molecule has 1 amide bonds. The van der Waals surface area contributed by atoms with E-state index in [1.54, 1.807) is 6.07 Å². The van der Waals surface area contributed by atoms with E-state index in [1.165, 1.54) is 56.2 Å². The zero-order valence-corrected chi connectivity index (χ0v) is 20.6. The van der Waals surface area contributed by atoms with Crippen LogP contribution in [0.4, 0.5) is 17.3 Å². The molecule has 1 aliphatic heterocycles. The van der Waals surface area contributed by atoms with Gasteiger partial charge in [0.25, 0.3) is 0 Å². The number of likely N-dealkylation sites (tertiary alicyclic amines) is 1. The Labute approximate surface area is 209 Å². The second-order valence-corrected chi connectivity index (χ2v) is 9.69. The van der Waals surface area contributed by atoms with E-state index in [9.17, 15) is 4.79 Å². The maximum absolute atomic E-state index is 11.4. The van der Waals surface area contributed by atoms with Gasteiger partial charge in [0.1, 0.15) is 10.4 Å². The summed E-state index contributed by atoms with van der Waals surface area (Å²) in [5.74, 6) is 1.41. The quantitative estimate of drug-likeness (QED) is 0.307. The van der Waals surface area contributed by atoms with Crippen LogP contribution in [0.25, 0.3) is 10.2 Å². The lowest BCUT2D eigenvalue weighted by molar-refractivity contribution is -0.114. The van der Waals surface area contributed by atoms with Gasteiger partial charge in [-0.15, -0.1) is 11.3 Å². The molecule has 2 aromatic carbocycles. The van der Waals surface area contributed by atoms with E-state index in [0.717, 1.165) is 28.9 Å². The number of amides is 1. The van der Waals surface area contributed by atoms with Crippen LogP contribution in [0, 0.1) is 0 Å². The average molecular weight is 488 g/mol. The number of benzene rings is 2. The molecule has 0 radical (unpaired) electrons. The van der Waals surface area contributed by atoms with Crippen LogP contribution in [-0.4, -0.2) is 40.4 Å². The predicted octanol–water partition coefficient (Wildman–Crippen LogP) is 6.21. The molecular weight excluding hydrogens is 458 g/mol. The summed E-state index contributed by atoms with van der Waals surface area (Å²) in [7, 11) is 0. The molecule has 2 N–H and O–H groups in total. The molecule has 0 bridgehead atoms. The van der Waals surface area contributed by atoms with Crippen LogP contribution < -0.4 is 15.4 Å². The second-order valence-electron chi connectivity index (χ2n) is 8.77. The topological polar surface area (TPSA) is 79.4 Å². The molecule has 180 valence electrons. The van der Waals surface area contributed by atoms with Crippen molar-refractivity contribution in [1.29, 1.82) is 0 Å². The van der Waals surface area contributed by atoms with Crippen LogP contribution in [0.2, 0.25) is 0 Å². The largest absolute Gasteiger partial charge is 0.437 e. The van der Waals surface area contributed by atoms with E-state index in [4.69, 9.17) is 4.74 Å².